The molecule has 124 valence electrons. The monoisotopic (exact) mass is 360 g/mol. The highest BCUT2D eigenvalue weighted by molar-refractivity contribution is 8.01. The van der Waals surface area contributed by atoms with Gasteiger partial charge in [-0.2, -0.15) is 0 Å². The molecule has 1 aliphatic heterocycles. The lowest BCUT2D eigenvalue weighted by atomic mass is 10.1. The molecule has 1 heterocycles. The van der Waals surface area contributed by atoms with E-state index in [1.54, 1.807) is 18.2 Å². The fraction of sp³-hybridized carbons (Fsp3) is 0.222. The normalized spacial score (nSPS) is 16.7. The molecule has 2 amide bonds. The van der Waals surface area contributed by atoms with E-state index in [4.69, 9.17) is 11.6 Å². The van der Waals surface area contributed by atoms with Crippen molar-refractivity contribution in [2.75, 3.05) is 16.4 Å². The van der Waals surface area contributed by atoms with Crippen LogP contribution in [0.4, 0.5) is 11.4 Å². The Kier molecular flexibility index (Phi) is 5.43. The minimum Gasteiger partial charge on any atom is -0.325 e. The molecule has 2 N–H and O–H groups in total. The van der Waals surface area contributed by atoms with Crippen molar-refractivity contribution >= 4 is 46.6 Å². The van der Waals surface area contributed by atoms with Gasteiger partial charge in [0.05, 0.1) is 21.7 Å². The molecular formula is C18H17ClN2O2S. The zero-order chi connectivity index (χ0) is 16.9. The summed E-state index contributed by atoms with van der Waals surface area (Å²) >= 11 is 7.38. The van der Waals surface area contributed by atoms with E-state index < -0.39 is 0 Å². The van der Waals surface area contributed by atoms with Crippen LogP contribution in [-0.2, 0) is 16.0 Å². The van der Waals surface area contributed by atoms with Crippen molar-refractivity contribution in [2.24, 2.45) is 0 Å². The highest BCUT2D eigenvalue weighted by atomic mass is 35.5. The molecule has 24 heavy (non-hydrogen) atoms. The van der Waals surface area contributed by atoms with Gasteiger partial charge in [0.2, 0.25) is 11.8 Å². The Morgan fingerprint density at radius 1 is 1.21 bits per heavy atom. The number of rotatable bonds is 4. The van der Waals surface area contributed by atoms with Gasteiger partial charge in [0.25, 0.3) is 0 Å². The summed E-state index contributed by atoms with van der Waals surface area (Å²) in [4.78, 5) is 24.4. The molecule has 0 bridgehead atoms. The maximum Gasteiger partial charge on any atom is 0.237 e. The fourth-order valence-electron chi connectivity index (χ4n) is 2.58. The van der Waals surface area contributed by atoms with E-state index in [2.05, 4.69) is 10.6 Å². The summed E-state index contributed by atoms with van der Waals surface area (Å²) in [5.74, 6) is -0.00205. The quantitative estimate of drug-likeness (QED) is 0.867. The molecule has 0 saturated heterocycles. The number of para-hydroxylation sites is 2. The molecule has 0 radical (unpaired) electrons. The third kappa shape index (κ3) is 4.10. The molecule has 0 aromatic heterocycles. The van der Waals surface area contributed by atoms with Crippen molar-refractivity contribution < 1.29 is 9.59 Å². The lowest BCUT2D eigenvalue weighted by Crippen LogP contribution is -2.26. The van der Waals surface area contributed by atoms with Crippen LogP contribution in [0.1, 0.15) is 12.0 Å². The highest BCUT2D eigenvalue weighted by Gasteiger charge is 2.24. The van der Waals surface area contributed by atoms with Crippen LogP contribution in [-0.4, -0.2) is 22.8 Å². The lowest BCUT2D eigenvalue weighted by Gasteiger charge is -2.13. The van der Waals surface area contributed by atoms with Gasteiger partial charge < -0.3 is 10.6 Å². The minimum atomic E-state index is -0.241. The Hall–Kier alpha value is -1.98. The first-order valence-electron chi connectivity index (χ1n) is 7.68. The van der Waals surface area contributed by atoms with Gasteiger partial charge in [-0.3, -0.25) is 9.59 Å². The number of hydrogen-bond acceptors (Lipinski definition) is 3. The van der Waals surface area contributed by atoms with E-state index in [-0.39, 0.29) is 22.8 Å². The van der Waals surface area contributed by atoms with Gasteiger partial charge in [-0.1, -0.05) is 41.9 Å². The molecule has 2 aromatic rings. The van der Waals surface area contributed by atoms with Gasteiger partial charge in [0.1, 0.15) is 0 Å². The van der Waals surface area contributed by atoms with Crippen LogP contribution in [0, 0.1) is 0 Å². The van der Waals surface area contributed by atoms with Gasteiger partial charge in [-0.15, -0.1) is 11.8 Å². The molecule has 3 rings (SSSR count). The Balaban J connectivity index is 1.56. The number of halogens is 1. The maximum atomic E-state index is 12.3. The topological polar surface area (TPSA) is 58.2 Å². The number of carbonyl (C=O) groups is 2. The molecule has 2 aromatic carbocycles. The number of aryl methyl sites for hydroxylation is 1. The van der Waals surface area contributed by atoms with Gasteiger partial charge in [-0.25, -0.2) is 0 Å². The van der Waals surface area contributed by atoms with Crippen molar-refractivity contribution in [3.05, 3.63) is 59.1 Å². The molecule has 1 aliphatic rings. The summed E-state index contributed by atoms with van der Waals surface area (Å²) in [5.41, 5.74) is 2.59. The highest BCUT2D eigenvalue weighted by Crippen LogP contribution is 2.27. The molecule has 1 atom stereocenters. The second-order valence-corrected chi connectivity index (χ2v) is 7.11. The summed E-state index contributed by atoms with van der Waals surface area (Å²) in [5, 5.41) is 5.97. The predicted molar refractivity (Wildman–Crippen MR) is 99.7 cm³/mol. The number of fused-ring (bicyclic) bond motifs is 1. The number of thioether (sulfide) groups is 1. The zero-order valence-corrected chi connectivity index (χ0v) is 14.5. The van der Waals surface area contributed by atoms with Crippen molar-refractivity contribution in [3.63, 3.8) is 0 Å². The maximum absolute atomic E-state index is 12.3. The zero-order valence-electron chi connectivity index (χ0n) is 12.9. The molecule has 4 nitrogen and oxygen atoms in total. The Bertz CT molecular complexity index is 766. The van der Waals surface area contributed by atoms with Gasteiger partial charge in [0.15, 0.2) is 0 Å². The van der Waals surface area contributed by atoms with E-state index in [0.717, 1.165) is 17.7 Å². The summed E-state index contributed by atoms with van der Waals surface area (Å²) in [6.07, 6.45) is 1.53. The van der Waals surface area contributed by atoms with Crippen molar-refractivity contribution in [2.45, 2.75) is 18.1 Å². The van der Waals surface area contributed by atoms with Crippen LogP contribution in [0.5, 0.6) is 0 Å². The first-order chi connectivity index (χ1) is 11.6. The largest absolute Gasteiger partial charge is 0.325 e. The molecule has 0 fully saturated rings. The molecular weight excluding hydrogens is 344 g/mol. The van der Waals surface area contributed by atoms with E-state index in [1.165, 1.54) is 11.8 Å². The number of benzene rings is 2. The fourth-order valence-corrected chi connectivity index (χ4v) is 3.68. The van der Waals surface area contributed by atoms with Crippen molar-refractivity contribution in [1.82, 2.24) is 0 Å². The third-order valence-corrected chi connectivity index (χ3v) is 5.42. The van der Waals surface area contributed by atoms with Crippen LogP contribution in [0.15, 0.2) is 48.5 Å². The van der Waals surface area contributed by atoms with E-state index >= 15 is 0 Å². The lowest BCUT2D eigenvalue weighted by molar-refractivity contribution is -0.115. The summed E-state index contributed by atoms with van der Waals surface area (Å²) in [6, 6.07) is 14.9. The second-order valence-electron chi connectivity index (χ2n) is 5.51. The molecule has 0 unspecified atom stereocenters. The standard InChI is InChI=1S/C18H17ClN2O2S/c19-13-6-2-4-8-15(13)20-17(22)11-24-16-10-9-12-5-1-3-7-14(12)21-18(16)23/h1-8,16H,9-11H2,(H,20,22)(H,21,23)/t16-/m1/s1. The second kappa shape index (κ2) is 7.73. The minimum absolute atomic E-state index is 0.0458. The van der Waals surface area contributed by atoms with Gasteiger partial charge in [-0.05, 0) is 36.6 Å². The third-order valence-electron chi connectivity index (χ3n) is 3.81. The number of hydrogen-bond donors (Lipinski definition) is 2. The van der Waals surface area contributed by atoms with E-state index in [0.29, 0.717) is 17.1 Å². The van der Waals surface area contributed by atoms with Crippen LogP contribution in [0.25, 0.3) is 0 Å². The summed E-state index contributed by atoms with van der Waals surface area (Å²) in [6.45, 7) is 0. The Labute approximate surface area is 150 Å². The Morgan fingerprint density at radius 2 is 1.96 bits per heavy atom. The first kappa shape index (κ1) is 16.9. The smallest absolute Gasteiger partial charge is 0.237 e. The number of carbonyl (C=O) groups excluding carboxylic acids is 2. The average molecular weight is 361 g/mol. The van der Waals surface area contributed by atoms with Crippen molar-refractivity contribution in [3.8, 4) is 0 Å². The number of nitrogens with one attached hydrogen (secondary N) is 2. The summed E-state index contributed by atoms with van der Waals surface area (Å²) in [7, 11) is 0. The van der Waals surface area contributed by atoms with E-state index in [9.17, 15) is 9.59 Å². The molecule has 0 spiro atoms. The van der Waals surface area contributed by atoms with Crippen LogP contribution in [0.3, 0.4) is 0 Å². The molecule has 0 saturated carbocycles. The predicted octanol–water partition coefficient (Wildman–Crippen LogP) is 3.97. The first-order valence-corrected chi connectivity index (χ1v) is 9.11. The molecule has 6 heteroatoms. The van der Waals surface area contributed by atoms with Crippen LogP contribution < -0.4 is 10.6 Å². The van der Waals surface area contributed by atoms with Crippen LogP contribution >= 0.6 is 23.4 Å². The average Bonchev–Trinajstić information content (AvgIpc) is 2.73. The number of amides is 2. The van der Waals surface area contributed by atoms with Gasteiger partial charge >= 0.3 is 0 Å². The van der Waals surface area contributed by atoms with Gasteiger partial charge in [0, 0.05) is 5.69 Å². The molecule has 0 aliphatic carbocycles. The SMILES string of the molecule is O=C(CS[C@@H]1CCc2ccccc2NC1=O)Nc1ccccc1Cl. The van der Waals surface area contributed by atoms with E-state index in [1.807, 2.05) is 30.3 Å². The number of anilines is 2. The van der Waals surface area contributed by atoms with Crippen molar-refractivity contribution in [1.29, 1.82) is 0 Å². The summed E-state index contributed by atoms with van der Waals surface area (Å²) < 4.78 is 0. The Morgan fingerprint density at radius 3 is 2.79 bits per heavy atom. The van der Waals surface area contributed by atoms with Crippen LogP contribution in [0.2, 0.25) is 5.02 Å².